The summed E-state index contributed by atoms with van der Waals surface area (Å²) in [6.07, 6.45) is 7.97. The molecule has 2 aromatic carbocycles. The van der Waals surface area contributed by atoms with Crippen molar-refractivity contribution in [3.63, 3.8) is 0 Å². The summed E-state index contributed by atoms with van der Waals surface area (Å²) in [4.78, 5) is 28.2. The summed E-state index contributed by atoms with van der Waals surface area (Å²) < 4.78 is 40.4. The topological polar surface area (TPSA) is 122 Å². The highest BCUT2D eigenvalue weighted by Crippen LogP contribution is 2.49. The number of allylic oxidation sites excluding steroid dienone is 1. The molecule has 6 atom stereocenters. The van der Waals surface area contributed by atoms with E-state index in [1.54, 1.807) is 44.2 Å². The molecule has 2 aromatic rings. The minimum absolute atomic E-state index is 0.0395. The van der Waals surface area contributed by atoms with Crippen molar-refractivity contribution in [2.24, 2.45) is 17.8 Å². The van der Waals surface area contributed by atoms with Crippen LogP contribution in [0, 0.1) is 17.8 Å². The van der Waals surface area contributed by atoms with Gasteiger partial charge in [0.1, 0.15) is 5.75 Å². The van der Waals surface area contributed by atoms with Gasteiger partial charge in [0.2, 0.25) is 10.0 Å². The van der Waals surface area contributed by atoms with Crippen molar-refractivity contribution in [2.45, 2.75) is 75.1 Å². The van der Waals surface area contributed by atoms with E-state index in [2.05, 4.69) is 15.7 Å². The van der Waals surface area contributed by atoms with Gasteiger partial charge >= 0.3 is 5.97 Å². The zero-order chi connectivity index (χ0) is 32.9. The summed E-state index contributed by atoms with van der Waals surface area (Å²) >= 11 is 6.40. The largest absolute Gasteiger partial charge is 0.490 e. The maximum Gasteiger partial charge on any atom is 0.308 e. The molecular weight excluding hydrogens is 628 g/mol. The van der Waals surface area contributed by atoms with Crippen LogP contribution < -0.4 is 14.4 Å². The minimum Gasteiger partial charge on any atom is -0.490 e. The van der Waals surface area contributed by atoms with Crippen molar-refractivity contribution in [3.05, 3.63) is 70.3 Å². The first kappa shape index (κ1) is 32.8. The molecule has 11 heteroatoms. The molecule has 2 aliphatic heterocycles. The predicted octanol–water partition coefficient (Wildman–Crippen LogP) is 5.18. The number of amides is 1. The number of anilines is 1. The van der Waals surface area contributed by atoms with E-state index < -0.39 is 32.8 Å². The zero-order valence-electron chi connectivity index (χ0n) is 26.6. The van der Waals surface area contributed by atoms with Gasteiger partial charge in [-0.3, -0.25) is 9.59 Å². The molecule has 2 heterocycles. The zero-order valence-corrected chi connectivity index (χ0v) is 28.2. The van der Waals surface area contributed by atoms with E-state index >= 15 is 0 Å². The Hall–Kier alpha value is -3.08. The van der Waals surface area contributed by atoms with Crippen LogP contribution in [0.3, 0.4) is 0 Å². The Kier molecular flexibility index (Phi) is 8.93. The van der Waals surface area contributed by atoms with Gasteiger partial charge in [-0.25, -0.2) is 13.1 Å². The number of hydrogen-bond donors (Lipinski definition) is 2. The SMILES string of the molecule is COC(=O)C[C@]1(O)/C=C/C[C@H](C)[C@@H](C)S(=O)(=O)NC(=O)c2ccc3c(c2)N(C[C@@H]2CC[C@H]21)C[C@@]1(CCCc2cc(Cl)ccc21)CO3. The fraction of sp³-hybridized carbons (Fsp3) is 0.543. The second kappa shape index (κ2) is 12.5. The standard InChI is InChI=1S/C35H43ClN2O7S/c1-22-6-4-15-35(41,18-32(39)44-3)29-11-8-26(29)19-38-20-34(14-5-7-24-16-27(36)10-12-28(24)34)21-45-31-13-9-25(17-30(31)38)33(40)37-46(42,43)23(22)2/h4,9-10,12-13,15-17,22-23,26,29,41H,5-8,11,14,18-21H2,1-3H3,(H,37,40)/b15-4+/t22-,23+,26-,29+,34-,35+/m0/s1. The van der Waals surface area contributed by atoms with Crippen LogP contribution in [0.1, 0.15) is 73.9 Å². The third-order valence-electron chi connectivity index (χ3n) is 10.9. The van der Waals surface area contributed by atoms with E-state index in [0.29, 0.717) is 42.6 Å². The lowest BCUT2D eigenvalue weighted by Crippen LogP contribution is -2.53. The van der Waals surface area contributed by atoms with E-state index in [1.807, 2.05) is 12.1 Å². The van der Waals surface area contributed by atoms with Crippen LogP contribution in [0.25, 0.3) is 0 Å². The second-order valence-corrected chi connectivity index (χ2v) is 16.2. The smallest absolute Gasteiger partial charge is 0.308 e. The van der Waals surface area contributed by atoms with E-state index in [1.165, 1.54) is 18.2 Å². The summed E-state index contributed by atoms with van der Waals surface area (Å²) in [6.45, 7) is 4.95. The van der Waals surface area contributed by atoms with Crippen LogP contribution in [0.5, 0.6) is 5.75 Å². The number of carbonyl (C=O) groups is 2. The van der Waals surface area contributed by atoms with Gasteiger partial charge in [0.15, 0.2) is 0 Å². The first-order chi connectivity index (χ1) is 21.8. The lowest BCUT2D eigenvalue weighted by Gasteiger charge is -2.49. The van der Waals surface area contributed by atoms with Gasteiger partial charge in [-0.2, -0.15) is 0 Å². The molecule has 1 saturated carbocycles. The summed E-state index contributed by atoms with van der Waals surface area (Å²) in [6, 6.07) is 11.1. The Morgan fingerprint density at radius 2 is 2.00 bits per heavy atom. The highest BCUT2D eigenvalue weighted by Gasteiger charge is 2.49. The average molecular weight is 671 g/mol. The van der Waals surface area contributed by atoms with E-state index in [0.717, 1.165) is 32.1 Å². The molecular formula is C35H43ClN2O7S. The number of halogens is 1. The number of methoxy groups -OCH3 is 1. The molecule has 0 radical (unpaired) electrons. The third kappa shape index (κ3) is 6.16. The van der Waals surface area contributed by atoms with Gasteiger partial charge in [0.25, 0.3) is 5.91 Å². The number of hydrogen-bond acceptors (Lipinski definition) is 8. The molecule has 0 aromatic heterocycles. The number of sulfonamides is 1. The first-order valence-electron chi connectivity index (χ1n) is 16.2. The van der Waals surface area contributed by atoms with Crippen LogP contribution in [-0.2, 0) is 31.4 Å². The van der Waals surface area contributed by atoms with Gasteiger partial charge in [0, 0.05) is 29.1 Å². The Morgan fingerprint density at radius 3 is 2.74 bits per heavy atom. The van der Waals surface area contributed by atoms with Crippen molar-refractivity contribution >= 4 is 39.2 Å². The normalized spacial score (nSPS) is 32.9. The maximum atomic E-state index is 13.4. The van der Waals surface area contributed by atoms with Crippen LogP contribution in [0.4, 0.5) is 5.69 Å². The molecule has 0 unspecified atom stereocenters. The highest BCUT2D eigenvalue weighted by atomic mass is 35.5. The number of nitrogens with zero attached hydrogens (tertiary/aromatic N) is 1. The van der Waals surface area contributed by atoms with Crippen LogP contribution in [-0.4, -0.2) is 63.1 Å². The Labute approximate surface area is 276 Å². The molecule has 1 spiro atoms. The van der Waals surface area contributed by atoms with Crippen molar-refractivity contribution in [2.75, 3.05) is 31.7 Å². The number of benzene rings is 2. The number of rotatable bonds is 2. The van der Waals surface area contributed by atoms with E-state index in [-0.39, 0.29) is 35.2 Å². The lowest BCUT2D eigenvalue weighted by atomic mass is 9.63. The van der Waals surface area contributed by atoms with Gasteiger partial charge in [-0.05, 0) is 105 Å². The Morgan fingerprint density at radius 1 is 1.20 bits per heavy atom. The molecule has 0 saturated heterocycles. The summed E-state index contributed by atoms with van der Waals surface area (Å²) in [7, 11) is -2.71. The molecule has 2 aliphatic carbocycles. The number of nitrogens with one attached hydrogen (secondary N) is 1. The lowest BCUT2D eigenvalue weighted by molar-refractivity contribution is -0.149. The first-order valence-corrected chi connectivity index (χ1v) is 18.1. The fourth-order valence-electron chi connectivity index (χ4n) is 7.87. The molecule has 2 bridgehead atoms. The molecule has 1 amide bonds. The Bertz CT molecular complexity index is 1660. The quantitative estimate of drug-likeness (QED) is 0.331. The van der Waals surface area contributed by atoms with Crippen LogP contribution >= 0.6 is 11.6 Å². The van der Waals surface area contributed by atoms with Gasteiger partial charge < -0.3 is 19.5 Å². The van der Waals surface area contributed by atoms with Gasteiger partial charge in [0.05, 0.1) is 36.7 Å². The van der Waals surface area contributed by atoms with E-state index in [4.69, 9.17) is 21.1 Å². The number of aryl methyl sites for hydroxylation is 1. The minimum atomic E-state index is -4.02. The van der Waals surface area contributed by atoms with Gasteiger partial charge in [-0.1, -0.05) is 36.7 Å². The summed E-state index contributed by atoms with van der Waals surface area (Å²) in [5, 5.41) is 11.9. The fourth-order valence-corrected chi connectivity index (χ4v) is 9.35. The second-order valence-electron chi connectivity index (χ2n) is 13.8. The van der Waals surface area contributed by atoms with E-state index in [9.17, 15) is 23.1 Å². The number of fused-ring (bicyclic) bond motifs is 4. The summed E-state index contributed by atoms with van der Waals surface area (Å²) in [5.74, 6) is -1.13. The number of aliphatic hydroxyl groups is 1. The maximum absolute atomic E-state index is 13.4. The third-order valence-corrected chi connectivity index (χ3v) is 13.1. The number of ether oxygens (including phenoxy) is 2. The molecule has 248 valence electrons. The predicted molar refractivity (Wildman–Crippen MR) is 177 cm³/mol. The number of carbonyl (C=O) groups excluding carboxylic acids is 2. The molecule has 9 nitrogen and oxygen atoms in total. The van der Waals surface area contributed by atoms with Gasteiger partial charge in [-0.15, -0.1) is 0 Å². The van der Waals surface area contributed by atoms with Crippen molar-refractivity contribution < 1.29 is 32.6 Å². The van der Waals surface area contributed by atoms with Crippen LogP contribution in [0.2, 0.25) is 5.02 Å². The molecule has 4 aliphatic rings. The molecule has 2 N–H and O–H groups in total. The highest BCUT2D eigenvalue weighted by molar-refractivity contribution is 7.90. The van der Waals surface area contributed by atoms with Crippen molar-refractivity contribution in [3.8, 4) is 5.75 Å². The van der Waals surface area contributed by atoms with Crippen molar-refractivity contribution in [1.82, 2.24) is 4.72 Å². The monoisotopic (exact) mass is 670 g/mol. The van der Waals surface area contributed by atoms with Crippen molar-refractivity contribution in [1.29, 1.82) is 0 Å². The Balaban J connectivity index is 1.45. The average Bonchev–Trinajstić information content (AvgIpc) is 3.14. The summed E-state index contributed by atoms with van der Waals surface area (Å²) in [5.41, 5.74) is 1.52. The molecule has 6 rings (SSSR count). The number of esters is 1. The van der Waals surface area contributed by atoms with Crippen LogP contribution in [0.15, 0.2) is 48.6 Å². The molecule has 46 heavy (non-hydrogen) atoms. The molecule has 1 fully saturated rings.